The molecule has 0 amide bonds. The first kappa shape index (κ1) is 13.2. The summed E-state index contributed by atoms with van der Waals surface area (Å²) in [6, 6.07) is 0. The first-order valence-electron chi connectivity index (χ1n) is 5.44. The summed E-state index contributed by atoms with van der Waals surface area (Å²) in [6.45, 7) is 12.6. The van der Waals surface area contributed by atoms with E-state index in [4.69, 9.17) is 0 Å². The van der Waals surface area contributed by atoms with E-state index in [2.05, 4.69) is 37.2 Å². The largest absolute Gasteiger partial charge is 0.361 e. The third-order valence-electron chi connectivity index (χ3n) is 2.65. The minimum atomic E-state index is 0.142. The second-order valence-corrected chi connectivity index (χ2v) is 3.79. The number of hydrogen-bond donors (Lipinski definition) is 1. The van der Waals surface area contributed by atoms with Crippen LogP contribution in [-0.4, -0.2) is 18.4 Å². The molecule has 0 radical (unpaired) electrons. The van der Waals surface area contributed by atoms with Gasteiger partial charge in [-0.1, -0.05) is 33.8 Å². The van der Waals surface area contributed by atoms with E-state index < -0.39 is 0 Å². The van der Waals surface area contributed by atoms with E-state index in [9.17, 15) is 0 Å². The summed E-state index contributed by atoms with van der Waals surface area (Å²) in [5, 5.41) is 3.42. The van der Waals surface area contributed by atoms with Crippen molar-refractivity contribution in [2.75, 3.05) is 7.05 Å². The predicted molar refractivity (Wildman–Crippen MR) is 64.8 cm³/mol. The predicted octanol–water partition coefficient (Wildman–Crippen LogP) is 3.01. The van der Waals surface area contributed by atoms with E-state index in [1.54, 1.807) is 0 Å². The van der Waals surface area contributed by atoms with E-state index in [1.807, 2.05) is 27.8 Å². The molecule has 1 unspecified atom stereocenters. The Balaban J connectivity index is 0.000000791. The number of rotatable bonds is 2. The first-order chi connectivity index (χ1) is 6.53. The van der Waals surface area contributed by atoms with Gasteiger partial charge in [0, 0.05) is 7.05 Å². The molecule has 2 heteroatoms. The molecule has 0 saturated heterocycles. The Morgan fingerprint density at radius 3 is 2.07 bits per heavy atom. The topological polar surface area (TPSA) is 24.4 Å². The number of aliphatic imine (C=N–C) groups is 1. The van der Waals surface area contributed by atoms with Crippen LogP contribution in [0, 0.1) is 5.92 Å². The highest BCUT2D eigenvalue weighted by molar-refractivity contribution is 5.82. The van der Waals surface area contributed by atoms with Crippen LogP contribution < -0.4 is 5.32 Å². The van der Waals surface area contributed by atoms with E-state index in [1.165, 1.54) is 5.57 Å². The van der Waals surface area contributed by atoms with Crippen LogP contribution in [0.3, 0.4) is 0 Å². The smallest absolute Gasteiger partial charge is 0.0937 e. The van der Waals surface area contributed by atoms with Gasteiger partial charge in [0.1, 0.15) is 0 Å². The maximum atomic E-state index is 4.10. The zero-order valence-corrected chi connectivity index (χ0v) is 10.6. The van der Waals surface area contributed by atoms with Gasteiger partial charge in [0.05, 0.1) is 11.4 Å². The zero-order valence-electron chi connectivity index (χ0n) is 10.6. The molecule has 0 fully saturated rings. The van der Waals surface area contributed by atoms with Crippen molar-refractivity contribution in [3.8, 4) is 0 Å². The average Bonchev–Trinajstić information content (AvgIpc) is 2.81. The van der Waals surface area contributed by atoms with E-state index >= 15 is 0 Å². The minimum absolute atomic E-state index is 0.142. The molecule has 82 valence electrons. The normalized spacial score (nSPS) is 25.1. The van der Waals surface area contributed by atoms with Crippen molar-refractivity contribution >= 4 is 5.84 Å². The van der Waals surface area contributed by atoms with Gasteiger partial charge in [-0.3, -0.25) is 4.99 Å². The summed E-state index contributed by atoms with van der Waals surface area (Å²) < 4.78 is 0. The number of amidine groups is 1. The average molecular weight is 196 g/mol. The molecule has 14 heavy (non-hydrogen) atoms. The monoisotopic (exact) mass is 196 g/mol. The van der Waals surface area contributed by atoms with E-state index in [0.29, 0.717) is 5.92 Å². The summed E-state index contributed by atoms with van der Waals surface area (Å²) in [6.07, 6.45) is 2.27. The Kier molecular flexibility index (Phi) is 4.89. The van der Waals surface area contributed by atoms with Crippen LogP contribution in [0.2, 0.25) is 0 Å². The molecular formula is C12H24N2. The van der Waals surface area contributed by atoms with Gasteiger partial charge in [0.25, 0.3) is 0 Å². The van der Waals surface area contributed by atoms with Crippen molar-refractivity contribution in [1.29, 1.82) is 0 Å². The fourth-order valence-corrected chi connectivity index (χ4v) is 1.56. The molecule has 1 aliphatic carbocycles. The van der Waals surface area contributed by atoms with Crippen LogP contribution in [0.5, 0.6) is 0 Å². The number of hydrogen-bond acceptors (Lipinski definition) is 1. The molecule has 2 nitrogen and oxygen atoms in total. The third kappa shape index (κ3) is 2.60. The Bertz CT molecular complexity index is 239. The molecule has 0 saturated carbocycles. The Morgan fingerprint density at radius 1 is 1.43 bits per heavy atom. The standard InChI is InChI=1S/C10H18N2.C2H6/c1-7(2)10(6-8(10)3)12-9(4)11-5;1-2/h6-7H,1-5H3,(H,11,12);1-2H3. The van der Waals surface area contributed by atoms with Crippen LogP contribution in [0.1, 0.15) is 41.5 Å². The fraction of sp³-hybridized carbons (Fsp3) is 0.750. The Hall–Kier alpha value is -0.790. The van der Waals surface area contributed by atoms with Gasteiger partial charge in [0.2, 0.25) is 0 Å². The van der Waals surface area contributed by atoms with Crippen LogP contribution in [-0.2, 0) is 0 Å². The molecule has 0 heterocycles. The molecule has 1 aliphatic rings. The van der Waals surface area contributed by atoms with Crippen molar-refractivity contribution in [3.05, 3.63) is 11.6 Å². The van der Waals surface area contributed by atoms with Gasteiger partial charge in [-0.25, -0.2) is 0 Å². The lowest BCUT2D eigenvalue weighted by Crippen LogP contribution is -2.42. The summed E-state index contributed by atoms with van der Waals surface area (Å²) in [7, 11) is 1.81. The molecule has 1 rings (SSSR count). The van der Waals surface area contributed by atoms with Crippen molar-refractivity contribution in [1.82, 2.24) is 5.32 Å². The SMILES string of the molecule is CC.CN=C(C)NC1(C(C)C)C=C1C. The summed E-state index contributed by atoms with van der Waals surface area (Å²) >= 11 is 0. The van der Waals surface area contributed by atoms with Crippen LogP contribution >= 0.6 is 0 Å². The second-order valence-electron chi connectivity index (χ2n) is 3.79. The molecule has 0 aromatic carbocycles. The van der Waals surface area contributed by atoms with Crippen LogP contribution in [0.15, 0.2) is 16.6 Å². The molecule has 1 N–H and O–H groups in total. The van der Waals surface area contributed by atoms with E-state index in [0.717, 1.165) is 5.84 Å². The molecule has 0 bridgehead atoms. The van der Waals surface area contributed by atoms with Gasteiger partial charge in [-0.2, -0.15) is 0 Å². The lowest BCUT2D eigenvalue weighted by Gasteiger charge is -2.24. The summed E-state index contributed by atoms with van der Waals surface area (Å²) in [5.41, 5.74) is 1.57. The molecular weight excluding hydrogens is 172 g/mol. The molecule has 0 aromatic heterocycles. The van der Waals surface area contributed by atoms with Gasteiger partial charge in [-0.05, 0) is 25.3 Å². The summed E-state index contributed by atoms with van der Waals surface area (Å²) in [4.78, 5) is 4.10. The van der Waals surface area contributed by atoms with Gasteiger partial charge in [0.15, 0.2) is 0 Å². The lowest BCUT2D eigenvalue weighted by molar-refractivity contribution is 0.461. The minimum Gasteiger partial charge on any atom is -0.361 e. The van der Waals surface area contributed by atoms with Crippen molar-refractivity contribution in [2.24, 2.45) is 10.9 Å². The van der Waals surface area contributed by atoms with Gasteiger partial charge < -0.3 is 5.32 Å². The summed E-state index contributed by atoms with van der Waals surface area (Å²) in [5.74, 6) is 1.62. The van der Waals surface area contributed by atoms with Crippen molar-refractivity contribution in [3.63, 3.8) is 0 Å². The Labute approximate surface area is 88.5 Å². The maximum absolute atomic E-state index is 4.10. The number of nitrogens with one attached hydrogen (secondary N) is 1. The fourth-order valence-electron chi connectivity index (χ4n) is 1.56. The quantitative estimate of drug-likeness (QED) is 0.410. The lowest BCUT2D eigenvalue weighted by atomic mass is 9.96. The third-order valence-corrected chi connectivity index (χ3v) is 2.65. The maximum Gasteiger partial charge on any atom is 0.0937 e. The molecule has 0 aromatic rings. The highest BCUT2D eigenvalue weighted by Crippen LogP contribution is 2.40. The molecule has 1 atom stereocenters. The van der Waals surface area contributed by atoms with Gasteiger partial charge >= 0.3 is 0 Å². The van der Waals surface area contributed by atoms with Crippen LogP contribution in [0.4, 0.5) is 0 Å². The molecule has 0 spiro atoms. The highest BCUT2D eigenvalue weighted by atomic mass is 15.1. The van der Waals surface area contributed by atoms with E-state index in [-0.39, 0.29) is 5.54 Å². The number of nitrogens with zero attached hydrogens (tertiary/aromatic N) is 1. The van der Waals surface area contributed by atoms with Crippen LogP contribution in [0.25, 0.3) is 0 Å². The first-order valence-corrected chi connectivity index (χ1v) is 5.44. The zero-order chi connectivity index (χ0) is 11.4. The van der Waals surface area contributed by atoms with Gasteiger partial charge in [-0.15, -0.1) is 0 Å². The Morgan fingerprint density at radius 2 is 1.86 bits per heavy atom. The van der Waals surface area contributed by atoms with Crippen molar-refractivity contribution in [2.45, 2.75) is 47.1 Å². The van der Waals surface area contributed by atoms with Crippen molar-refractivity contribution < 1.29 is 0 Å². The highest BCUT2D eigenvalue weighted by Gasteiger charge is 2.43. The second kappa shape index (κ2) is 5.18. The molecule has 0 aliphatic heterocycles.